The topological polar surface area (TPSA) is 44.1 Å². The molecule has 0 heterocycles. The van der Waals surface area contributed by atoms with Crippen molar-refractivity contribution in [3.8, 4) is 6.07 Å². The zero-order chi connectivity index (χ0) is 14.5. The maximum atomic E-state index is 12.3. The van der Waals surface area contributed by atoms with Gasteiger partial charge in [-0.3, -0.25) is 4.79 Å². The van der Waals surface area contributed by atoms with E-state index in [9.17, 15) is 4.79 Å². The Morgan fingerprint density at radius 3 is 2.60 bits per heavy atom. The summed E-state index contributed by atoms with van der Waals surface area (Å²) < 4.78 is 0. The molecule has 2 aromatic rings. The standard InChI is InChI=1S/C16H13ClN2O/c1-19(11-12-5-7-15(17)8-6-12)16(20)14-4-2-3-13(9-14)10-18/h2-9H,11H2,1H3. The second kappa shape index (κ2) is 6.23. The van der Waals surface area contributed by atoms with Crippen molar-refractivity contribution in [3.05, 3.63) is 70.2 Å². The summed E-state index contributed by atoms with van der Waals surface area (Å²) in [6.45, 7) is 0.493. The van der Waals surface area contributed by atoms with Crippen LogP contribution < -0.4 is 0 Å². The van der Waals surface area contributed by atoms with Gasteiger partial charge in [-0.15, -0.1) is 0 Å². The molecule has 0 radical (unpaired) electrons. The molecule has 20 heavy (non-hydrogen) atoms. The third-order valence-electron chi connectivity index (χ3n) is 2.92. The van der Waals surface area contributed by atoms with E-state index in [1.54, 1.807) is 48.3 Å². The van der Waals surface area contributed by atoms with Crippen LogP contribution in [-0.4, -0.2) is 17.9 Å². The summed E-state index contributed by atoms with van der Waals surface area (Å²) in [4.78, 5) is 13.9. The van der Waals surface area contributed by atoms with E-state index in [2.05, 4.69) is 0 Å². The van der Waals surface area contributed by atoms with Crippen LogP contribution in [0, 0.1) is 11.3 Å². The molecule has 1 amide bonds. The van der Waals surface area contributed by atoms with E-state index in [1.807, 2.05) is 18.2 Å². The molecule has 0 unspecified atom stereocenters. The van der Waals surface area contributed by atoms with Gasteiger partial charge in [0.15, 0.2) is 0 Å². The number of halogens is 1. The van der Waals surface area contributed by atoms with Gasteiger partial charge < -0.3 is 4.90 Å². The fourth-order valence-corrected chi connectivity index (χ4v) is 2.00. The summed E-state index contributed by atoms with van der Waals surface area (Å²) in [5.41, 5.74) is 2.00. The summed E-state index contributed by atoms with van der Waals surface area (Å²) in [6, 6.07) is 16.1. The minimum atomic E-state index is -0.114. The van der Waals surface area contributed by atoms with Crippen LogP contribution in [0.1, 0.15) is 21.5 Å². The molecule has 0 bridgehead atoms. The van der Waals surface area contributed by atoms with Gasteiger partial charge in [0.1, 0.15) is 0 Å². The van der Waals surface area contributed by atoms with Gasteiger partial charge in [-0.25, -0.2) is 0 Å². The van der Waals surface area contributed by atoms with Gasteiger partial charge in [0.2, 0.25) is 0 Å². The first-order valence-electron chi connectivity index (χ1n) is 6.10. The first-order chi connectivity index (χ1) is 9.60. The molecular weight excluding hydrogens is 272 g/mol. The molecule has 2 rings (SSSR count). The Kier molecular flexibility index (Phi) is 4.39. The maximum Gasteiger partial charge on any atom is 0.253 e. The molecule has 0 N–H and O–H groups in total. The Morgan fingerprint density at radius 2 is 1.95 bits per heavy atom. The molecule has 0 aliphatic carbocycles. The molecule has 0 aromatic heterocycles. The molecule has 0 aliphatic heterocycles. The summed E-state index contributed by atoms with van der Waals surface area (Å²) in [5, 5.41) is 9.53. The quantitative estimate of drug-likeness (QED) is 0.866. The number of nitriles is 1. The number of benzene rings is 2. The first-order valence-corrected chi connectivity index (χ1v) is 6.48. The van der Waals surface area contributed by atoms with Gasteiger partial charge in [0.25, 0.3) is 5.91 Å². The van der Waals surface area contributed by atoms with E-state index in [0.717, 1.165) is 5.56 Å². The molecule has 0 atom stereocenters. The van der Waals surface area contributed by atoms with Crippen LogP contribution in [0.25, 0.3) is 0 Å². The second-order valence-electron chi connectivity index (χ2n) is 4.48. The van der Waals surface area contributed by atoms with Crippen LogP contribution in [0.2, 0.25) is 5.02 Å². The Morgan fingerprint density at radius 1 is 1.25 bits per heavy atom. The van der Waals surface area contributed by atoms with E-state index in [-0.39, 0.29) is 5.91 Å². The number of hydrogen-bond acceptors (Lipinski definition) is 2. The summed E-state index contributed by atoms with van der Waals surface area (Å²) in [5.74, 6) is -0.114. The van der Waals surface area contributed by atoms with Crippen molar-refractivity contribution < 1.29 is 4.79 Å². The fourth-order valence-electron chi connectivity index (χ4n) is 1.88. The third-order valence-corrected chi connectivity index (χ3v) is 3.17. The Balaban J connectivity index is 2.12. The van der Waals surface area contributed by atoms with Crippen molar-refractivity contribution in [3.63, 3.8) is 0 Å². The van der Waals surface area contributed by atoms with E-state index in [0.29, 0.717) is 22.7 Å². The number of rotatable bonds is 3. The minimum Gasteiger partial charge on any atom is -0.337 e. The molecule has 4 heteroatoms. The normalized spacial score (nSPS) is 9.85. The van der Waals surface area contributed by atoms with Crippen LogP contribution in [0.15, 0.2) is 48.5 Å². The maximum absolute atomic E-state index is 12.3. The Labute approximate surface area is 123 Å². The van der Waals surface area contributed by atoms with Gasteiger partial charge in [-0.05, 0) is 35.9 Å². The van der Waals surface area contributed by atoms with Crippen molar-refractivity contribution in [2.24, 2.45) is 0 Å². The second-order valence-corrected chi connectivity index (χ2v) is 4.92. The smallest absolute Gasteiger partial charge is 0.253 e. The van der Waals surface area contributed by atoms with Crippen LogP contribution >= 0.6 is 11.6 Å². The van der Waals surface area contributed by atoms with E-state index in [1.165, 1.54) is 0 Å². The minimum absolute atomic E-state index is 0.114. The summed E-state index contributed by atoms with van der Waals surface area (Å²) in [6.07, 6.45) is 0. The first kappa shape index (κ1) is 14.1. The molecule has 0 spiro atoms. The van der Waals surface area contributed by atoms with E-state index >= 15 is 0 Å². The molecule has 0 saturated carbocycles. The van der Waals surface area contributed by atoms with Crippen molar-refractivity contribution in [2.45, 2.75) is 6.54 Å². The Bertz CT molecular complexity index is 659. The summed E-state index contributed by atoms with van der Waals surface area (Å²) >= 11 is 5.83. The van der Waals surface area contributed by atoms with Gasteiger partial charge in [-0.2, -0.15) is 5.26 Å². The lowest BCUT2D eigenvalue weighted by molar-refractivity contribution is 0.0785. The predicted octanol–water partition coefficient (Wildman–Crippen LogP) is 3.48. The number of hydrogen-bond donors (Lipinski definition) is 0. The lowest BCUT2D eigenvalue weighted by Crippen LogP contribution is -2.26. The fraction of sp³-hybridized carbons (Fsp3) is 0.125. The van der Waals surface area contributed by atoms with Crippen LogP contribution in [0.4, 0.5) is 0 Å². The molecule has 2 aromatic carbocycles. The lowest BCUT2D eigenvalue weighted by atomic mass is 10.1. The highest BCUT2D eigenvalue weighted by molar-refractivity contribution is 6.30. The highest BCUT2D eigenvalue weighted by atomic mass is 35.5. The van der Waals surface area contributed by atoms with E-state index < -0.39 is 0 Å². The largest absolute Gasteiger partial charge is 0.337 e. The van der Waals surface area contributed by atoms with Crippen molar-refractivity contribution in [1.82, 2.24) is 4.90 Å². The highest BCUT2D eigenvalue weighted by Gasteiger charge is 2.12. The lowest BCUT2D eigenvalue weighted by Gasteiger charge is -2.17. The zero-order valence-electron chi connectivity index (χ0n) is 11.0. The van der Waals surface area contributed by atoms with Gasteiger partial charge >= 0.3 is 0 Å². The molecular formula is C16H13ClN2O. The highest BCUT2D eigenvalue weighted by Crippen LogP contribution is 2.13. The number of carbonyl (C=O) groups is 1. The average Bonchev–Trinajstić information content (AvgIpc) is 2.48. The molecule has 0 aliphatic rings. The number of amides is 1. The number of nitrogens with zero attached hydrogens (tertiary/aromatic N) is 2. The van der Waals surface area contributed by atoms with Gasteiger partial charge in [0.05, 0.1) is 11.6 Å². The van der Waals surface area contributed by atoms with Crippen molar-refractivity contribution in [2.75, 3.05) is 7.05 Å². The van der Waals surface area contributed by atoms with Gasteiger partial charge in [-0.1, -0.05) is 29.8 Å². The van der Waals surface area contributed by atoms with Crippen molar-refractivity contribution >= 4 is 17.5 Å². The van der Waals surface area contributed by atoms with Crippen molar-refractivity contribution in [1.29, 1.82) is 5.26 Å². The molecule has 3 nitrogen and oxygen atoms in total. The molecule has 100 valence electrons. The van der Waals surface area contributed by atoms with Crippen LogP contribution in [-0.2, 0) is 6.54 Å². The predicted molar refractivity (Wildman–Crippen MR) is 78.4 cm³/mol. The summed E-state index contributed by atoms with van der Waals surface area (Å²) in [7, 11) is 1.73. The Hall–Kier alpha value is -2.31. The SMILES string of the molecule is CN(Cc1ccc(Cl)cc1)C(=O)c1cccc(C#N)c1. The molecule has 0 saturated heterocycles. The average molecular weight is 285 g/mol. The van der Waals surface area contributed by atoms with Crippen LogP contribution in [0.3, 0.4) is 0 Å². The molecule has 0 fully saturated rings. The third kappa shape index (κ3) is 3.37. The monoisotopic (exact) mass is 284 g/mol. The van der Waals surface area contributed by atoms with E-state index in [4.69, 9.17) is 16.9 Å². The van der Waals surface area contributed by atoms with Gasteiger partial charge in [0, 0.05) is 24.2 Å². The number of carbonyl (C=O) groups excluding carboxylic acids is 1. The zero-order valence-corrected chi connectivity index (χ0v) is 11.8. The van der Waals surface area contributed by atoms with Crippen LogP contribution in [0.5, 0.6) is 0 Å².